The molecule has 3 nitrogen and oxygen atoms in total. The number of aliphatic hydroxyl groups excluding tert-OH is 1. The zero-order valence-electron chi connectivity index (χ0n) is 7.36. The van der Waals surface area contributed by atoms with E-state index in [4.69, 9.17) is 10.2 Å². The van der Waals surface area contributed by atoms with Gasteiger partial charge in [-0.15, -0.1) is 0 Å². The first-order valence-corrected chi connectivity index (χ1v) is 4.48. The van der Waals surface area contributed by atoms with Crippen LogP contribution in [0.1, 0.15) is 32.6 Å². The van der Waals surface area contributed by atoms with Crippen molar-refractivity contribution >= 4 is 5.78 Å². The van der Waals surface area contributed by atoms with E-state index in [-0.39, 0.29) is 17.6 Å². The number of rotatable bonds is 2. The lowest BCUT2D eigenvalue weighted by molar-refractivity contribution is -0.125. The molecule has 0 aromatic carbocycles. The summed E-state index contributed by atoms with van der Waals surface area (Å²) < 4.78 is 0. The highest BCUT2D eigenvalue weighted by atomic mass is 16.5. The maximum Gasteiger partial charge on any atom is 0.154 e. The van der Waals surface area contributed by atoms with Crippen molar-refractivity contribution in [1.29, 1.82) is 0 Å². The van der Waals surface area contributed by atoms with Crippen LogP contribution in [-0.4, -0.2) is 22.3 Å². The molecule has 0 unspecified atom stereocenters. The Bertz CT molecular complexity index is 157. The normalized spacial score (nSPS) is 30.7. The Kier molecular flexibility index (Phi) is 3.23. The first-order valence-electron chi connectivity index (χ1n) is 4.48. The van der Waals surface area contributed by atoms with Gasteiger partial charge in [0.05, 0.1) is 0 Å². The average molecular weight is 172 g/mol. The van der Waals surface area contributed by atoms with Crippen molar-refractivity contribution in [3.8, 4) is 0 Å². The highest BCUT2D eigenvalue weighted by Crippen LogP contribution is 2.30. The van der Waals surface area contributed by atoms with Crippen LogP contribution in [0, 0.1) is 11.8 Å². The minimum Gasteiger partial charge on any atom is -0.368 e. The van der Waals surface area contributed by atoms with E-state index in [0.29, 0.717) is 0 Å². The predicted octanol–water partition coefficient (Wildman–Crippen LogP) is 0.693. The molecule has 0 atom stereocenters. The van der Waals surface area contributed by atoms with Crippen molar-refractivity contribution in [3.05, 3.63) is 0 Å². The maximum atomic E-state index is 11.0. The minimum atomic E-state index is -1.20. The molecule has 1 fully saturated rings. The molecule has 12 heavy (non-hydrogen) atoms. The number of carbonyl (C=O) groups is 1. The van der Waals surface area contributed by atoms with Gasteiger partial charge in [0.25, 0.3) is 0 Å². The summed E-state index contributed by atoms with van der Waals surface area (Å²) >= 11 is 0. The summed E-state index contributed by atoms with van der Waals surface area (Å²) in [5, 5.41) is 17.7. The first-order chi connectivity index (χ1) is 5.61. The molecule has 0 bridgehead atoms. The van der Waals surface area contributed by atoms with Crippen LogP contribution < -0.4 is 0 Å². The van der Waals surface area contributed by atoms with E-state index in [1.165, 1.54) is 0 Å². The number of ketones is 1. The lowest BCUT2D eigenvalue weighted by atomic mass is 9.80. The Morgan fingerprint density at radius 1 is 1.25 bits per heavy atom. The molecule has 0 amide bonds. The van der Waals surface area contributed by atoms with Gasteiger partial charge in [0.15, 0.2) is 6.29 Å². The highest BCUT2D eigenvalue weighted by Gasteiger charge is 2.27. The predicted molar refractivity (Wildman–Crippen MR) is 44.4 cm³/mol. The van der Waals surface area contributed by atoms with Gasteiger partial charge in [-0.25, -0.2) is 0 Å². The standard InChI is InChI=1S/C9H16O3/c1-6(10)7-2-4-8(5-3-7)9(11)12/h7-9,11-12H,2-5H2,1H3. The third-order valence-electron chi connectivity index (χ3n) is 2.77. The summed E-state index contributed by atoms with van der Waals surface area (Å²) in [6, 6.07) is 0. The average Bonchev–Trinajstić information content (AvgIpc) is 2.04. The SMILES string of the molecule is CC(=O)C1CCC(C(O)O)CC1. The summed E-state index contributed by atoms with van der Waals surface area (Å²) in [7, 11) is 0. The van der Waals surface area contributed by atoms with E-state index in [9.17, 15) is 4.79 Å². The molecular weight excluding hydrogens is 156 g/mol. The summed E-state index contributed by atoms with van der Waals surface area (Å²) in [5.41, 5.74) is 0. The molecule has 1 aliphatic rings. The number of aliphatic hydroxyl groups is 2. The van der Waals surface area contributed by atoms with E-state index < -0.39 is 6.29 Å². The van der Waals surface area contributed by atoms with Crippen molar-refractivity contribution in [2.75, 3.05) is 0 Å². The van der Waals surface area contributed by atoms with Crippen LogP contribution in [0.25, 0.3) is 0 Å². The first kappa shape index (κ1) is 9.68. The minimum absolute atomic E-state index is 0.0133. The molecule has 0 heterocycles. The monoisotopic (exact) mass is 172 g/mol. The number of carbonyl (C=O) groups excluding carboxylic acids is 1. The Morgan fingerprint density at radius 3 is 2.08 bits per heavy atom. The number of Topliss-reactive ketones (excluding diaryl/α,β-unsaturated/α-hetero) is 1. The molecule has 3 heteroatoms. The molecule has 0 saturated heterocycles. The summed E-state index contributed by atoms with van der Waals surface area (Å²) in [5.74, 6) is 0.390. The second-order valence-corrected chi connectivity index (χ2v) is 3.64. The van der Waals surface area contributed by atoms with Gasteiger partial charge in [-0.2, -0.15) is 0 Å². The van der Waals surface area contributed by atoms with Gasteiger partial charge in [0, 0.05) is 11.8 Å². The van der Waals surface area contributed by atoms with Crippen LogP contribution in [0.15, 0.2) is 0 Å². The van der Waals surface area contributed by atoms with E-state index in [1.807, 2.05) is 0 Å². The van der Waals surface area contributed by atoms with Crippen LogP contribution in [0.5, 0.6) is 0 Å². The molecule has 0 aliphatic heterocycles. The Morgan fingerprint density at radius 2 is 1.75 bits per heavy atom. The molecule has 70 valence electrons. The van der Waals surface area contributed by atoms with Gasteiger partial charge in [-0.3, -0.25) is 4.79 Å². The van der Waals surface area contributed by atoms with Crippen molar-refractivity contribution in [1.82, 2.24) is 0 Å². The quantitative estimate of drug-likeness (QED) is 0.602. The highest BCUT2D eigenvalue weighted by molar-refractivity contribution is 5.78. The Labute approximate surface area is 72.4 Å². The van der Waals surface area contributed by atoms with E-state index in [0.717, 1.165) is 25.7 Å². The Balaban J connectivity index is 2.34. The number of hydrogen-bond donors (Lipinski definition) is 2. The topological polar surface area (TPSA) is 57.5 Å². The van der Waals surface area contributed by atoms with Gasteiger partial charge < -0.3 is 10.2 Å². The van der Waals surface area contributed by atoms with Gasteiger partial charge in [0.1, 0.15) is 5.78 Å². The Hall–Kier alpha value is -0.410. The second-order valence-electron chi connectivity index (χ2n) is 3.64. The second kappa shape index (κ2) is 4.01. The molecular formula is C9H16O3. The van der Waals surface area contributed by atoms with Crippen LogP contribution >= 0.6 is 0 Å². The fourth-order valence-corrected chi connectivity index (χ4v) is 1.82. The van der Waals surface area contributed by atoms with E-state index in [1.54, 1.807) is 6.92 Å². The third-order valence-corrected chi connectivity index (χ3v) is 2.77. The summed E-state index contributed by atoms with van der Waals surface area (Å²) in [6.45, 7) is 1.61. The van der Waals surface area contributed by atoms with Gasteiger partial charge in [-0.05, 0) is 32.6 Å². The van der Waals surface area contributed by atoms with Crippen molar-refractivity contribution in [3.63, 3.8) is 0 Å². The van der Waals surface area contributed by atoms with Crippen molar-refractivity contribution < 1.29 is 15.0 Å². The largest absolute Gasteiger partial charge is 0.368 e. The molecule has 0 aromatic rings. The molecule has 0 spiro atoms. The lowest BCUT2D eigenvalue weighted by Crippen LogP contribution is -2.27. The summed E-state index contributed by atoms with van der Waals surface area (Å²) in [4.78, 5) is 11.0. The fraction of sp³-hybridized carbons (Fsp3) is 0.889. The van der Waals surface area contributed by atoms with Crippen LogP contribution in [0.3, 0.4) is 0 Å². The van der Waals surface area contributed by atoms with Gasteiger partial charge in [-0.1, -0.05) is 0 Å². The molecule has 1 rings (SSSR count). The van der Waals surface area contributed by atoms with Gasteiger partial charge in [0.2, 0.25) is 0 Å². The molecule has 0 aromatic heterocycles. The zero-order chi connectivity index (χ0) is 9.14. The van der Waals surface area contributed by atoms with E-state index >= 15 is 0 Å². The maximum absolute atomic E-state index is 11.0. The van der Waals surface area contributed by atoms with Crippen molar-refractivity contribution in [2.45, 2.75) is 38.9 Å². The summed E-state index contributed by atoms with van der Waals surface area (Å²) in [6.07, 6.45) is 1.97. The zero-order valence-corrected chi connectivity index (χ0v) is 7.36. The molecule has 2 N–H and O–H groups in total. The van der Waals surface area contributed by atoms with Crippen LogP contribution in [0.2, 0.25) is 0 Å². The van der Waals surface area contributed by atoms with E-state index in [2.05, 4.69) is 0 Å². The number of hydrogen-bond acceptors (Lipinski definition) is 3. The van der Waals surface area contributed by atoms with Crippen molar-refractivity contribution in [2.24, 2.45) is 11.8 Å². The molecule has 0 radical (unpaired) electrons. The molecule has 1 saturated carbocycles. The smallest absolute Gasteiger partial charge is 0.154 e. The third kappa shape index (κ3) is 2.29. The van der Waals surface area contributed by atoms with Crippen LogP contribution in [0.4, 0.5) is 0 Å². The molecule has 1 aliphatic carbocycles. The van der Waals surface area contributed by atoms with Crippen LogP contribution in [-0.2, 0) is 4.79 Å². The van der Waals surface area contributed by atoms with Gasteiger partial charge >= 0.3 is 0 Å². The fourth-order valence-electron chi connectivity index (χ4n) is 1.82. The lowest BCUT2D eigenvalue weighted by Gasteiger charge is -2.27.